The third-order valence-electron chi connectivity index (χ3n) is 3.75. The molecular weight excluding hydrogens is 332 g/mol. The number of hydrogen-bond donors (Lipinski definition) is 4. The zero-order valence-corrected chi connectivity index (χ0v) is 15.8. The van der Waals surface area contributed by atoms with Crippen LogP contribution in [0.15, 0.2) is 36.5 Å². The van der Waals surface area contributed by atoms with Crippen molar-refractivity contribution >= 4 is 5.97 Å². The molecule has 0 radical (unpaired) electrons. The third kappa shape index (κ3) is 14.5. The number of unbranched alkanes of at least 4 members (excludes halogenated alkanes) is 1. The molecule has 4 N–H and O–H groups in total. The van der Waals surface area contributed by atoms with E-state index in [-0.39, 0.29) is 12.8 Å². The summed E-state index contributed by atoms with van der Waals surface area (Å²) in [6, 6.07) is 0. The molecule has 0 aromatic heterocycles. The molecule has 0 heterocycles. The van der Waals surface area contributed by atoms with Gasteiger partial charge in [-0.3, -0.25) is 4.79 Å². The Bertz CT molecular complexity index is 534. The molecule has 0 aliphatic rings. The number of carboxylic acids is 1. The number of aliphatic hydroxyl groups is 3. The Hall–Kier alpha value is -1.87. The summed E-state index contributed by atoms with van der Waals surface area (Å²) in [7, 11) is 0. The van der Waals surface area contributed by atoms with E-state index in [9.17, 15) is 20.1 Å². The summed E-state index contributed by atoms with van der Waals surface area (Å²) < 4.78 is 0. The Balaban J connectivity index is 4.11. The highest BCUT2D eigenvalue weighted by Gasteiger charge is 2.17. The van der Waals surface area contributed by atoms with E-state index in [1.807, 2.05) is 0 Å². The average molecular weight is 364 g/mol. The van der Waals surface area contributed by atoms with Crippen LogP contribution in [0.25, 0.3) is 0 Å². The summed E-state index contributed by atoms with van der Waals surface area (Å²) in [5, 5.41) is 38.0. The minimum absolute atomic E-state index is 0.0206. The smallest absolute Gasteiger partial charge is 0.303 e. The highest BCUT2D eigenvalue weighted by Crippen LogP contribution is 2.16. The van der Waals surface area contributed by atoms with Crippen molar-refractivity contribution in [2.75, 3.05) is 0 Å². The summed E-state index contributed by atoms with van der Waals surface area (Å²) in [4.78, 5) is 10.4. The number of carboxylic acid groups (broad SMARTS) is 1. The van der Waals surface area contributed by atoms with Gasteiger partial charge in [0.1, 0.15) is 0 Å². The summed E-state index contributed by atoms with van der Waals surface area (Å²) in [5.74, 6) is 4.89. The lowest BCUT2D eigenvalue weighted by atomic mass is 9.96. The Labute approximate surface area is 156 Å². The van der Waals surface area contributed by atoms with Crippen molar-refractivity contribution in [1.29, 1.82) is 0 Å². The molecule has 1 unspecified atom stereocenters. The van der Waals surface area contributed by atoms with Gasteiger partial charge in [0, 0.05) is 12.8 Å². The predicted octanol–water partition coefficient (Wildman–Crippen LogP) is 2.97. The maximum atomic E-state index is 10.4. The largest absolute Gasteiger partial charge is 0.481 e. The molecular formula is C21H32O5. The standard InChI is InChI=1S/C21H32O5/c1-3-4-16-21(2,26)17-11-9-7-5-6-8-10-13-18(22)19(23)14-12-15-20(24)25/h5-8,10,13,18-19,22-23,26H,3-4,12,14-17H2,1-2H3,(H,24,25)/b7-5-,8-6+,13-10+/t18-,19+,21?/m1/s1. The van der Waals surface area contributed by atoms with Crippen molar-refractivity contribution in [2.24, 2.45) is 0 Å². The summed E-state index contributed by atoms with van der Waals surface area (Å²) in [6.45, 7) is 3.89. The van der Waals surface area contributed by atoms with Gasteiger partial charge in [0.15, 0.2) is 0 Å². The van der Waals surface area contributed by atoms with Crippen LogP contribution in [0.2, 0.25) is 0 Å². The molecule has 0 saturated heterocycles. The second-order valence-electron chi connectivity index (χ2n) is 6.57. The first-order valence-corrected chi connectivity index (χ1v) is 9.07. The van der Waals surface area contributed by atoms with Gasteiger partial charge in [0.05, 0.1) is 17.8 Å². The van der Waals surface area contributed by atoms with Crippen LogP contribution >= 0.6 is 0 Å². The zero-order valence-electron chi connectivity index (χ0n) is 15.8. The van der Waals surface area contributed by atoms with Gasteiger partial charge in [-0.2, -0.15) is 0 Å². The monoisotopic (exact) mass is 364 g/mol. The molecule has 0 fully saturated rings. The van der Waals surface area contributed by atoms with Gasteiger partial charge in [0.25, 0.3) is 0 Å². The quantitative estimate of drug-likeness (QED) is 0.315. The molecule has 5 nitrogen and oxygen atoms in total. The fourth-order valence-electron chi connectivity index (χ4n) is 2.12. The molecule has 0 saturated carbocycles. The molecule has 0 aromatic rings. The Morgan fingerprint density at radius 3 is 2.50 bits per heavy atom. The van der Waals surface area contributed by atoms with Crippen LogP contribution < -0.4 is 0 Å². The van der Waals surface area contributed by atoms with Crippen molar-refractivity contribution in [3.05, 3.63) is 36.5 Å². The molecule has 146 valence electrons. The second kappa shape index (κ2) is 14.3. The second-order valence-corrected chi connectivity index (χ2v) is 6.57. The minimum atomic E-state index is -1.03. The van der Waals surface area contributed by atoms with E-state index < -0.39 is 23.8 Å². The lowest BCUT2D eigenvalue weighted by molar-refractivity contribution is -0.137. The molecule has 0 aliphatic heterocycles. The molecule has 0 bridgehead atoms. The summed E-state index contributed by atoms with van der Waals surface area (Å²) in [6.07, 6.45) is 11.7. The zero-order chi connectivity index (χ0) is 19.8. The fraction of sp³-hybridized carbons (Fsp3) is 0.571. The lowest BCUT2D eigenvalue weighted by Gasteiger charge is -2.19. The van der Waals surface area contributed by atoms with Gasteiger partial charge in [-0.15, -0.1) is 0 Å². The van der Waals surface area contributed by atoms with Crippen LogP contribution in [0.5, 0.6) is 0 Å². The first kappa shape index (κ1) is 24.1. The number of hydrogen-bond acceptors (Lipinski definition) is 4. The number of rotatable bonds is 12. The van der Waals surface area contributed by atoms with Gasteiger partial charge >= 0.3 is 5.97 Å². The Morgan fingerprint density at radius 2 is 1.85 bits per heavy atom. The van der Waals surface area contributed by atoms with E-state index in [4.69, 9.17) is 5.11 Å². The number of aliphatic hydroxyl groups excluding tert-OH is 2. The van der Waals surface area contributed by atoms with Gasteiger partial charge in [-0.05, 0) is 32.3 Å². The van der Waals surface area contributed by atoms with Crippen molar-refractivity contribution in [3.8, 4) is 11.8 Å². The van der Waals surface area contributed by atoms with E-state index in [0.29, 0.717) is 12.8 Å². The van der Waals surface area contributed by atoms with E-state index in [0.717, 1.165) is 19.3 Å². The van der Waals surface area contributed by atoms with Crippen LogP contribution in [0.4, 0.5) is 0 Å². The predicted molar refractivity (Wildman–Crippen MR) is 103 cm³/mol. The molecule has 0 amide bonds. The summed E-state index contributed by atoms with van der Waals surface area (Å²) in [5.41, 5.74) is -0.739. The van der Waals surface area contributed by atoms with Gasteiger partial charge in [-0.1, -0.05) is 62.0 Å². The minimum Gasteiger partial charge on any atom is -0.481 e. The maximum absolute atomic E-state index is 10.4. The SMILES string of the molecule is CCCCC(C)(O)CC#C\C=C/C=C/C=C/[C@@H](O)[C@@H](O)CCCC(=O)O. The third-order valence-corrected chi connectivity index (χ3v) is 3.75. The number of carbonyl (C=O) groups is 1. The molecule has 0 rings (SSSR count). The van der Waals surface area contributed by atoms with Crippen molar-refractivity contribution in [1.82, 2.24) is 0 Å². The van der Waals surface area contributed by atoms with Gasteiger partial charge < -0.3 is 20.4 Å². The Kier molecular flexibility index (Phi) is 13.3. The molecule has 26 heavy (non-hydrogen) atoms. The van der Waals surface area contributed by atoms with Crippen molar-refractivity contribution < 1.29 is 25.2 Å². The number of aliphatic carboxylic acids is 1. The lowest BCUT2D eigenvalue weighted by Crippen LogP contribution is -2.23. The normalized spacial score (nSPS) is 16.5. The number of allylic oxidation sites excluding steroid dienone is 5. The van der Waals surface area contributed by atoms with E-state index >= 15 is 0 Å². The molecule has 5 heteroatoms. The first-order valence-electron chi connectivity index (χ1n) is 9.07. The van der Waals surface area contributed by atoms with E-state index in [2.05, 4.69) is 18.8 Å². The molecule has 0 aromatic carbocycles. The van der Waals surface area contributed by atoms with Crippen LogP contribution in [-0.2, 0) is 4.79 Å². The first-order chi connectivity index (χ1) is 12.3. The van der Waals surface area contributed by atoms with E-state index in [1.54, 1.807) is 37.3 Å². The Morgan fingerprint density at radius 1 is 1.15 bits per heavy atom. The van der Waals surface area contributed by atoms with Crippen LogP contribution in [0.1, 0.15) is 58.8 Å². The maximum Gasteiger partial charge on any atom is 0.303 e. The van der Waals surface area contributed by atoms with Crippen LogP contribution in [0.3, 0.4) is 0 Å². The van der Waals surface area contributed by atoms with E-state index in [1.165, 1.54) is 6.08 Å². The fourth-order valence-corrected chi connectivity index (χ4v) is 2.12. The van der Waals surface area contributed by atoms with Gasteiger partial charge in [0.2, 0.25) is 0 Å². The average Bonchev–Trinajstić information content (AvgIpc) is 2.57. The van der Waals surface area contributed by atoms with Crippen LogP contribution in [-0.4, -0.2) is 44.2 Å². The van der Waals surface area contributed by atoms with Crippen molar-refractivity contribution in [2.45, 2.75) is 76.6 Å². The molecule has 0 spiro atoms. The highest BCUT2D eigenvalue weighted by atomic mass is 16.4. The van der Waals surface area contributed by atoms with Crippen LogP contribution in [0, 0.1) is 11.8 Å². The molecule has 0 aliphatic carbocycles. The summed E-state index contributed by atoms with van der Waals surface area (Å²) >= 11 is 0. The highest BCUT2D eigenvalue weighted by molar-refractivity contribution is 5.66. The van der Waals surface area contributed by atoms with Crippen molar-refractivity contribution in [3.63, 3.8) is 0 Å². The molecule has 3 atom stereocenters. The van der Waals surface area contributed by atoms with Gasteiger partial charge in [-0.25, -0.2) is 0 Å². The topological polar surface area (TPSA) is 98.0 Å².